The topological polar surface area (TPSA) is 70.7 Å². The molecule has 0 saturated carbocycles. The minimum atomic E-state index is -0.353. The highest BCUT2D eigenvalue weighted by atomic mass is 32.2. The largest absolute Gasteiger partial charge is 0.497 e. The number of nitrogens with zero attached hydrogens (tertiary/aromatic N) is 1. The van der Waals surface area contributed by atoms with Crippen LogP contribution in [0.25, 0.3) is 0 Å². The molecule has 0 radical (unpaired) electrons. The summed E-state index contributed by atoms with van der Waals surface area (Å²) in [6.45, 7) is 4.52. The molecule has 3 rings (SSSR count). The van der Waals surface area contributed by atoms with E-state index in [1.54, 1.807) is 7.11 Å². The van der Waals surface area contributed by atoms with Crippen molar-refractivity contribution >= 4 is 29.3 Å². The quantitative estimate of drug-likeness (QED) is 0.599. The molecule has 2 N–H and O–H groups in total. The van der Waals surface area contributed by atoms with Gasteiger partial charge in [0.2, 0.25) is 11.8 Å². The van der Waals surface area contributed by atoms with Gasteiger partial charge in [-0.25, -0.2) is 4.39 Å². The van der Waals surface area contributed by atoms with Crippen molar-refractivity contribution in [3.8, 4) is 5.75 Å². The molecule has 172 valence electrons. The fourth-order valence-electron chi connectivity index (χ4n) is 3.59. The van der Waals surface area contributed by atoms with Crippen LogP contribution in [0, 0.1) is 5.82 Å². The number of anilines is 1. The van der Waals surface area contributed by atoms with Gasteiger partial charge in [0, 0.05) is 31.4 Å². The number of hydrogen-bond donors (Lipinski definition) is 2. The Kier molecular flexibility index (Phi) is 8.93. The van der Waals surface area contributed by atoms with Crippen LogP contribution in [-0.4, -0.2) is 54.0 Å². The number of carbonyl (C=O) groups is 2. The Bertz CT molecular complexity index is 902. The van der Waals surface area contributed by atoms with E-state index in [1.807, 2.05) is 19.1 Å². The lowest BCUT2D eigenvalue weighted by Crippen LogP contribution is -2.46. The highest BCUT2D eigenvalue weighted by Gasteiger charge is 2.23. The Morgan fingerprint density at radius 3 is 2.59 bits per heavy atom. The number of hydrogen-bond acceptors (Lipinski definition) is 5. The van der Waals surface area contributed by atoms with Crippen LogP contribution in [-0.2, 0) is 16.1 Å². The molecule has 1 aliphatic rings. The van der Waals surface area contributed by atoms with E-state index in [-0.39, 0.29) is 34.7 Å². The molecule has 8 heteroatoms. The van der Waals surface area contributed by atoms with Crippen molar-refractivity contribution in [3.63, 3.8) is 0 Å². The maximum Gasteiger partial charge on any atom is 0.234 e. The number of piperidine rings is 1. The van der Waals surface area contributed by atoms with Crippen LogP contribution in [0.15, 0.2) is 48.5 Å². The predicted octanol–water partition coefficient (Wildman–Crippen LogP) is 3.68. The van der Waals surface area contributed by atoms with Crippen molar-refractivity contribution in [2.24, 2.45) is 0 Å². The van der Waals surface area contributed by atoms with E-state index in [9.17, 15) is 14.0 Å². The first-order valence-electron chi connectivity index (χ1n) is 10.8. The molecule has 1 heterocycles. The molecule has 0 bridgehead atoms. The fraction of sp³-hybridized carbons (Fsp3) is 0.417. The van der Waals surface area contributed by atoms with E-state index in [2.05, 4.69) is 27.7 Å². The Hall–Kier alpha value is -2.58. The van der Waals surface area contributed by atoms with Crippen LogP contribution in [0.5, 0.6) is 5.75 Å². The summed E-state index contributed by atoms with van der Waals surface area (Å²) in [5.41, 5.74) is 1.76. The van der Waals surface area contributed by atoms with E-state index in [0.717, 1.165) is 38.2 Å². The number of amides is 2. The van der Waals surface area contributed by atoms with Crippen molar-refractivity contribution in [2.75, 3.05) is 31.3 Å². The van der Waals surface area contributed by atoms with Gasteiger partial charge >= 0.3 is 0 Å². The first kappa shape index (κ1) is 24.1. The number of rotatable bonds is 9. The molecular weight excluding hydrogens is 429 g/mol. The van der Waals surface area contributed by atoms with E-state index in [1.165, 1.54) is 41.6 Å². The number of nitrogens with one attached hydrogen (secondary N) is 2. The van der Waals surface area contributed by atoms with Crippen LogP contribution >= 0.6 is 11.8 Å². The number of methoxy groups -OCH3 is 1. The number of likely N-dealkylation sites (tertiary alicyclic amines) is 1. The summed E-state index contributed by atoms with van der Waals surface area (Å²) in [6.07, 6.45) is 1.80. The highest BCUT2D eigenvalue weighted by molar-refractivity contribution is 8.01. The Balaban J connectivity index is 1.35. The van der Waals surface area contributed by atoms with Crippen LogP contribution in [0.1, 0.15) is 25.3 Å². The second-order valence-corrected chi connectivity index (χ2v) is 9.25. The highest BCUT2D eigenvalue weighted by Crippen LogP contribution is 2.19. The molecule has 2 amide bonds. The van der Waals surface area contributed by atoms with Crippen molar-refractivity contribution in [1.29, 1.82) is 0 Å². The second-order valence-electron chi connectivity index (χ2n) is 7.92. The Labute approximate surface area is 192 Å². The van der Waals surface area contributed by atoms with Crippen LogP contribution in [0.2, 0.25) is 0 Å². The summed E-state index contributed by atoms with van der Waals surface area (Å²) in [6, 6.07) is 13.8. The zero-order valence-corrected chi connectivity index (χ0v) is 19.3. The molecule has 0 aromatic heterocycles. The average Bonchev–Trinajstić information content (AvgIpc) is 2.80. The minimum Gasteiger partial charge on any atom is -0.497 e. The van der Waals surface area contributed by atoms with Crippen LogP contribution in [0.3, 0.4) is 0 Å². The molecule has 2 aromatic carbocycles. The van der Waals surface area contributed by atoms with Crippen molar-refractivity contribution in [1.82, 2.24) is 10.2 Å². The molecule has 0 aliphatic carbocycles. The van der Waals surface area contributed by atoms with Gasteiger partial charge in [-0.2, -0.15) is 0 Å². The van der Waals surface area contributed by atoms with Gasteiger partial charge in [-0.3, -0.25) is 14.5 Å². The molecule has 1 aliphatic heterocycles. The lowest BCUT2D eigenvalue weighted by atomic mass is 10.0. The van der Waals surface area contributed by atoms with Gasteiger partial charge in [0.1, 0.15) is 11.6 Å². The Morgan fingerprint density at radius 1 is 1.19 bits per heavy atom. The minimum absolute atomic E-state index is 0.0455. The summed E-state index contributed by atoms with van der Waals surface area (Å²) in [7, 11) is 1.67. The van der Waals surface area contributed by atoms with Gasteiger partial charge in [0.05, 0.1) is 18.1 Å². The number of ether oxygens (including phenoxy) is 1. The van der Waals surface area contributed by atoms with Crippen molar-refractivity contribution in [3.05, 3.63) is 59.9 Å². The number of carbonyl (C=O) groups excluding carboxylic acids is 2. The summed E-state index contributed by atoms with van der Waals surface area (Å²) in [4.78, 5) is 27.0. The zero-order valence-electron chi connectivity index (χ0n) is 18.5. The fourth-order valence-corrected chi connectivity index (χ4v) is 4.28. The number of benzene rings is 2. The van der Waals surface area contributed by atoms with Gasteiger partial charge in [0.25, 0.3) is 0 Å². The second kappa shape index (κ2) is 11.9. The molecule has 0 spiro atoms. The lowest BCUT2D eigenvalue weighted by molar-refractivity contribution is -0.121. The normalized spacial score (nSPS) is 15.7. The van der Waals surface area contributed by atoms with Crippen LogP contribution < -0.4 is 15.4 Å². The van der Waals surface area contributed by atoms with Gasteiger partial charge in [-0.05, 0) is 61.7 Å². The molecule has 32 heavy (non-hydrogen) atoms. The van der Waals surface area contributed by atoms with E-state index < -0.39 is 0 Å². The summed E-state index contributed by atoms with van der Waals surface area (Å²) >= 11 is 1.29. The SMILES string of the molecule is COc1cccc(CN2CCC(NC(=O)C(C)SCC(=O)Nc3ccc(F)cc3)CC2)c1. The average molecular weight is 460 g/mol. The maximum absolute atomic E-state index is 12.9. The standard InChI is InChI=1S/C24H30FN3O3S/c1-17(32-16-23(29)26-20-8-6-19(25)7-9-20)24(30)27-21-10-12-28(13-11-21)15-18-4-3-5-22(14-18)31-2/h3-9,14,17,21H,10-13,15-16H2,1-2H3,(H,26,29)(H,27,30). The monoisotopic (exact) mass is 459 g/mol. The third kappa shape index (κ3) is 7.53. The molecule has 2 aromatic rings. The first-order chi connectivity index (χ1) is 15.4. The summed E-state index contributed by atoms with van der Waals surface area (Å²) in [5, 5.41) is 5.50. The lowest BCUT2D eigenvalue weighted by Gasteiger charge is -2.32. The Morgan fingerprint density at radius 2 is 1.91 bits per heavy atom. The van der Waals surface area contributed by atoms with Gasteiger partial charge in [-0.1, -0.05) is 12.1 Å². The zero-order chi connectivity index (χ0) is 22.9. The number of halogens is 1. The molecular formula is C24H30FN3O3S. The van der Waals surface area contributed by atoms with E-state index in [4.69, 9.17) is 4.74 Å². The van der Waals surface area contributed by atoms with Gasteiger partial charge < -0.3 is 15.4 Å². The molecule has 1 saturated heterocycles. The molecule has 1 fully saturated rings. The van der Waals surface area contributed by atoms with Crippen LogP contribution in [0.4, 0.5) is 10.1 Å². The summed E-state index contributed by atoms with van der Waals surface area (Å²) in [5.74, 6) is 0.407. The third-order valence-corrected chi connectivity index (χ3v) is 6.58. The predicted molar refractivity (Wildman–Crippen MR) is 126 cm³/mol. The van der Waals surface area contributed by atoms with Gasteiger partial charge in [-0.15, -0.1) is 11.8 Å². The maximum atomic E-state index is 12.9. The number of thioether (sulfide) groups is 1. The van der Waals surface area contributed by atoms with Crippen molar-refractivity contribution < 1.29 is 18.7 Å². The third-order valence-electron chi connectivity index (χ3n) is 5.44. The first-order valence-corrected chi connectivity index (χ1v) is 11.8. The summed E-state index contributed by atoms with van der Waals surface area (Å²) < 4.78 is 18.2. The molecule has 1 unspecified atom stereocenters. The van der Waals surface area contributed by atoms with Gasteiger partial charge in [0.15, 0.2) is 0 Å². The smallest absolute Gasteiger partial charge is 0.234 e. The molecule has 6 nitrogen and oxygen atoms in total. The van der Waals surface area contributed by atoms with E-state index >= 15 is 0 Å². The van der Waals surface area contributed by atoms with E-state index in [0.29, 0.717) is 5.69 Å². The molecule has 1 atom stereocenters. The van der Waals surface area contributed by atoms with Crippen molar-refractivity contribution in [2.45, 2.75) is 37.6 Å².